The summed E-state index contributed by atoms with van der Waals surface area (Å²) in [4.78, 5) is 14.4. The number of amides is 1. The van der Waals surface area contributed by atoms with E-state index in [0.29, 0.717) is 25.1 Å². The number of benzene rings is 1. The number of anilines is 1. The van der Waals surface area contributed by atoms with Gasteiger partial charge in [-0.1, -0.05) is 13.0 Å². The number of hydrogen-bond donors (Lipinski definition) is 2. The van der Waals surface area contributed by atoms with Crippen LogP contribution in [0.2, 0.25) is 0 Å². The van der Waals surface area contributed by atoms with Crippen molar-refractivity contribution in [3.05, 3.63) is 29.3 Å². The van der Waals surface area contributed by atoms with Gasteiger partial charge in [0, 0.05) is 31.9 Å². The van der Waals surface area contributed by atoms with Crippen LogP contribution < -0.4 is 5.32 Å². The Morgan fingerprint density at radius 1 is 1.35 bits per heavy atom. The Morgan fingerprint density at radius 3 is 2.70 bits per heavy atom. The van der Waals surface area contributed by atoms with Crippen LogP contribution >= 0.6 is 0 Å². The molecule has 1 rings (SSSR count). The lowest BCUT2D eigenvalue weighted by atomic mass is 10.1. The molecule has 4 nitrogen and oxygen atoms in total. The molecule has 0 atom stereocenters. The molecule has 112 valence electrons. The number of carbonyl (C=O) groups is 1. The van der Waals surface area contributed by atoms with Gasteiger partial charge in [0.05, 0.1) is 5.56 Å². The first-order chi connectivity index (χ1) is 9.63. The molecule has 0 saturated carbocycles. The topological polar surface area (TPSA) is 52.6 Å². The lowest BCUT2D eigenvalue weighted by Gasteiger charge is -2.22. The molecule has 0 aliphatic rings. The Hall–Kier alpha value is -1.55. The molecule has 1 amide bonds. The number of nitrogens with zero attached hydrogens (tertiary/aromatic N) is 1. The third-order valence-corrected chi connectivity index (χ3v) is 3.23. The van der Waals surface area contributed by atoms with Gasteiger partial charge in [-0.25, -0.2) is 0 Å². The number of rotatable bonds is 8. The maximum atomic E-state index is 12.6. The summed E-state index contributed by atoms with van der Waals surface area (Å²) < 4.78 is 0. The minimum atomic E-state index is 0.0274. The van der Waals surface area contributed by atoms with Gasteiger partial charge in [-0.3, -0.25) is 4.79 Å². The van der Waals surface area contributed by atoms with Crippen LogP contribution in [-0.2, 0) is 0 Å². The lowest BCUT2D eigenvalue weighted by Crippen LogP contribution is -2.32. The Balaban J connectivity index is 2.94. The van der Waals surface area contributed by atoms with Crippen molar-refractivity contribution in [2.75, 3.05) is 31.6 Å². The molecule has 2 N–H and O–H groups in total. The summed E-state index contributed by atoms with van der Waals surface area (Å²) in [5, 5.41) is 12.2. The third-order valence-electron chi connectivity index (χ3n) is 3.23. The zero-order valence-electron chi connectivity index (χ0n) is 12.8. The zero-order valence-corrected chi connectivity index (χ0v) is 12.8. The maximum absolute atomic E-state index is 12.6. The normalized spacial score (nSPS) is 10.4. The van der Waals surface area contributed by atoms with E-state index >= 15 is 0 Å². The number of hydrogen-bond acceptors (Lipinski definition) is 3. The zero-order chi connectivity index (χ0) is 15.0. The van der Waals surface area contributed by atoms with Crippen LogP contribution in [0.25, 0.3) is 0 Å². The van der Waals surface area contributed by atoms with Crippen LogP contribution in [0.5, 0.6) is 0 Å². The first-order valence-corrected chi connectivity index (χ1v) is 7.38. The van der Waals surface area contributed by atoms with E-state index in [1.165, 1.54) is 0 Å². The van der Waals surface area contributed by atoms with Crippen molar-refractivity contribution in [1.82, 2.24) is 4.90 Å². The molecule has 0 aliphatic carbocycles. The summed E-state index contributed by atoms with van der Waals surface area (Å²) in [6.45, 7) is 8.29. The quantitative estimate of drug-likeness (QED) is 0.768. The molecular weight excluding hydrogens is 252 g/mol. The van der Waals surface area contributed by atoms with E-state index in [2.05, 4.69) is 12.2 Å². The van der Waals surface area contributed by atoms with Gasteiger partial charge >= 0.3 is 0 Å². The molecule has 4 heteroatoms. The molecule has 0 spiro atoms. The van der Waals surface area contributed by atoms with Gasteiger partial charge < -0.3 is 15.3 Å². The Morgan fingerprint density at radius 2 is 2.10 bits per heavy atom. The average molecular weight is 278 g/mol. The smallest absolute Gasteiger partial charge is 0.255 e. The van der Waals surface area contributed by atoms with E-state index < -0.39 is 0 Å². The monoisotopic (exact) mass is 278 g/mol. The standard InChI is InChI=1S/C16H26N2O2/c1-4-9-17-15-12-13(3)7-8-14(15)16(20)18(5-2)10-6-11-19/h7-8,12,17,19H,4-6,9-11H2,1-3H3. The van der Waals surface area contributed by atoms with E-state index in [0.717, 1.165) is 24.2 Å². The molecule has 0 unspecified atom stereocenters. The summed E-state index contributed by atoms with van der Waals surface area (Å²) in [7, 11) is 0. The van der Waals surface area contributed by atoms with Gasteiger partial charge in [-0.15, -0.1) is 0 Å². The van der Waals surface area contributed by atoms with Gasteiger partial charge in [0.2, 0.25) is 0 Å². The minimum Gasteiger partial charge on any atom is -0.396 e. The number of aryl methyl sites for hydroxylation is 1. The second kappa shape index (κ2) is 8.59. The summed E-state index contributed by atoms with van der Waals surface area (Å²) in [5.41, 5.74) is 2.75. The van der Waals surface area contributed by atoms with E-state index in [1.807, 2.05) is 32.0 Å². The maximum Gasteiger partial charge on any atom is 0.255 e. The van der Waals surface area contributed by atoms with E-state index in [9.17, 15) is 4.79 Å². The van der Waals surface area contributed by atoms with Crippen molar-refractivity contribution < 1.29 is 9.90 Å². The summed E-state index contributed by atoms with van der Waals surface area (Å²) in [6.07, 6.45) is 1.63. The van der Waals surface area contributed by atoms with Crippen LogP contribution in [0, 0.1) is 6.92 Å². The molecule has 1 aromatic rings. The highest BCUT2D eigenvalue weighted by atomic mass is 16.3. The molecule has 0 aromatic heterocycles. The summed E-state index contributed by atoms with van der Waals surface area (Å²) >= 11 is 0. The molecule has 0 aliphatic heterocycles. The molecular formula is C16H26N2O2. The minimum absolute atomic E-state index is 0.0274. The predicted octanol–water partition coefficient (Wildman–Crippen LogP) is 2.66. The Bertz CT molecular complexity index is 432. The number of nitrogens with one attached hydrogen (secondary N) is 1. The van der Waals surface area contributed by atoms with Crippen molar-refractivity contribution in [3.8, 4) is 0 Å². The largest absolute Gasteiger partial charge is 0.396 e. The Labute approximate surface area is 121 Å². The average Bonchev–Trinajstić information content (AvgIpc) is 2.45. The molecule has 0 fully saturated rings. The van der Waals surface area contributed by atoms with Crippen molar-refractivity contribution in [2.24, 2.45) is 0 Å². The highest BCUT2D eigenvalue weighted by Gasteiger charge is 2.17. The van der Waals surface area contributed by atoms with Gasteiger partial charge in [0.1, 0.15) is 0 Å². The number of aliphatic hydroxyl groups excluding tert-OH is 1. The molecule has 20 heavy (non-hydrogen) atoms. The predicted molar refractivity (Wildman–Crippen MR) is 83.2 cm³/mol. The highest BCUT2D eigenvalue weighted by Crippen LogP contribution is 2.20. The fraction of sp³-hybridized carbons (Fsp3) is 0.562. The van der Waals surface area contributed by atoms with Gasteiger partial charge in [0.25, 0.3) is 5.91 Å². The van der Waals surface area contributed by atoms with Crippen molar-refractivity contribution in [1.29, 1.82) is 0 Å². The molecule has 1 aromatic carbocycles. The van der Waals surface area contributed by atoms with Crippen molar-refractivity contribution in [3.63, 3.8) is 0 Å². The fourth-order valence-electron chi connectivity index (χ4n) is 2.09. The lowest BCUT2D eigenvalue weighted by molar-refractivity contribution is 0.0755. The van der Waals surface area contributed by atoms with Gasteiger partial charge in [-0.2, -0.15) is 0 Å². The van der Waals surface area contributed by atoms with Crippen LogP contribution in [0.3, 0.4) is 0 Å². The SMILES string of the molecule is CCCNc1cc(C)ccc1C(=O)N(CC)CCCO. The molecule has 0 heterocycles. The second-order valence-corrected chi connectivity index (χ2v) is 4.94. The van der Waals surface area contributed by atoms with E-state index in [1.54, 1.807) is 4.90 Å². The van der Waals surface area contributed by atoms with Crippen LogP contribution in [0.1, 0.15) is 42.6 Å². The Kier molecular flexibility index (Phi) is 7.09. The first-order valence-electron chi connectivity index (χ1n) is 7.38. The third kappa shape index (κ3) is 4.53. The number of aliphatic hydroxyl groups is 1. The summed E-state index contributed by atoms with van der Waals surface area (Å²) in [5.74, 6) is 0.0274. The van der Waals surface area contributed by atoms with Crippen molar-refractivity contribution in [2.45, 2.75) is 33.6 Å². The van der Waals surface area contributed by atoms with E-state index in [4.69, 9.17) is 5.11 Å². The molecule has 0 bridgehead atoms. The fourth-order valence-corrected chi connectivity index (χ4v) is 2.09. The highest BCUT2D eigenvalue weighted by molar-refractivity contribution is 5.99. The number of carbonyl (C=O) groups excluding carboxylic acids is 1. The van der Waals surface area contributed by atoms with Crippen LogP contribution in [0.4, 0.5) is 5.69 Å². The van der Waals surface area contributed by atoms with E-state index in [-0.39, 0.29) is 12.5 Å². The van der Waals surface area contributed by atoms with Crippen LogP contribution in [-0.4, -0.2) is 42.2 Å². The van der Waals surface area contributed by atoms with Crippen LogP contribution in [0.15, 0.2) is 18.2 Å². The second-order valence-electron chi connectivity index (χ2n) is 4.94. The first kappa shape index (κ1) is 16.5. The van der Waals surface area contributed by atoms with Crippen molar-refractivity contribution >= 4 is 11.6 Å². The van der Waals surface area contributed by atoms with Gasteiger partial charge in [-0.05, 0) is 44.4 Å². The summed E-state index contributed by atoms with van der Waals surface area (Å²) in [6, 6.07) is 5.87. The van der Waals surface area contributed by atoms with Gasteiger partial charge in [0.15, 0.2) is 0 Å². The molecule has 0 saturated heterocycles. The molecule has 0 radical (unpaired) electrons.